The Morgan fingerprint density at radius 3 is 2.58 bits per heavy atom. The minimum absolute atomic E-state index is 0.222. The number of hydrogen-bond donors (Lipinski definition) is 1. The van der Waals surface area contributed by atoms with E-state index >= 15 is 0 Å². The third-order valence-corrected chi connectivity index (χ3v) is 4.95. The van der Waals surface area contributed by atoms with Gasteiger partial charge in [-0.2, -0.15) is 10.2 Å². The second-order valence-electron chi connectivity index (χ2n) is 7.22. The molecule has 1 aliphatic rings. The van der Waals surface area contributed by atoms with Crippen LogP contribution in [-0.4, -0.2) is 47.3 Å². The number of nitrogens with one attached hydrogen (secondary N) is 1. The van der Waals surface area contributed by atoms with Crippen LogP contribution < -0.4 is 10.1 Å². The summed E-state index contributed by atoms with van der Waals surface area (Å²) in [5, 5.41) is 10.3. The fourth-order valence-electron chi connectivity index (χ4n) is 3.30. The zero-order valence-electron chi connectivity index (χ0n) is 17.0. The van der Waals surface area contributed by atoms with Crippen molar-refractivity contribution >= 4 is 11.6 Å². The largest absolute Gasteiger partial charge is 0.488 e. The van der Waals surface area contributed by atoms with Gasteiger partial charge in [0.15, 0.2) is 0 Å². The number of aromatic nitrogens is 2. The molecule has 3 aromatic rings. The van der Waals surface area contributed by atoms with E-state index in [4.69, 9.17) is 9.47 Å². The average molecular weight is 422 g/mol. The van der Waals surface area contributed by atoms with E-state index < -0.39 is 0 Å². The maximum absolute atomic E-state index is 13.1. The number of morpholine rings is 1. The number of anilines is 1. The van der Waals surface area contributed by atoms with Crippen molar-refractivity contribution in [2.45, 2.75) is 13.2 Å². The lowest BCUT2D eigenvalue weighted by atomic mass is 10.1. The van der Waals surface area contributed by atoms with Crippen LogP contribution in [0.5, 0.6) is 5.75 Å². The Morgan fingerprint density at radius 1 is 1.06 bits per heavy atom. The fourth-order valence-corrected chi connectivity index (χ4v) is 3.30. The number of halogens is 1. The molecule has 0 bridgehead atoms. The molecule has 0 aliphatic carbocycles. The highest BCUT2D eigenvalue weighted by molar-refractivity contribution is 6.06. The zero-order chi connectivity index (χ0) is 21.5. The van der Waals surface area contributed by atoms with Gasteiger partial charge < -0.3 is 14.8 Å². The second-order valence-corrected chi connectivity index (χ2v) is 7.22. The number of rotatable bonds is 7. The van der Waals surface area contributed by atoms with Crippen LogP contribution in [0.15, 0.2) is 60.9 Å². The molecule has 1 fully saturated rings. The molecular weight excluding hydrogens is 399 g/mol. The summed E-state index contributed by atoms with van der Waals surface area (Å²) in [6.07, 6.45) is 2.99. The molecule has 1 aliphatic heterocycles. The number of carbonyl (C=O) groups excluding carboxylic acids is 1. The molecule has 2 aromatic carbocycles. The normalized spacial score (nSPS) is 14.2. The topological polar surface area (TPSA) is 76.6 Å². The van der Waals surface area contributed by atoms with Crippen LogP contribution in [0.2, 0.25) is 0 Å². The smallest absolute Gasteiger partial charge is 0.259 e. The summed E-state index contributed by atoms with van der Waals surface area (Å²) >= 11 is 0. The van der Waals surface area contributed by atoms with Gasteiger partial charge in [0.25, 0.3) is 5.91 Å². The van der Waals surface area contributed by atoms with Gasteiger partial charge in [0.2, 0.25) is 0 Å². The molecule has 31 heavy (non-hydrogen) atoms. The van der Waals surface area contributed by atoms with Gasteiger partial charge >= 0.3 is 0 Å². The van der Waals surface area contributed by atoms with Crippen LogP contribution in [0.25, 0.3) is 0 Å². The quantitative estimate of drug-likeness (QED) is 0.630. The van der Waals surface area contributed by atoms with Crippen LogP contribution in [0, 0.1) is 5.82 Å². The van der Waals surface area contributed by atoms with Gasteiger partial charge in [-0.1, -0.05) is 18.2 Å². The summed E-state index contributed by atoms with van der Waals surface area (Å²) in [6.45, 7) is 4.07. The summed E-state index contributed by atoms with van der Waals surface area (Å²) in [6, 6.07) is 13.4. The molecular formula is C23H23FN4O3. The molecule has 8 heteroatoms. The lowest BCUT2D eigenvalue weighted by molar-refractivity contribution is 0.0341. The Bertz CT molecular complexity index is 1010. The van der Waals surface area contributed by atoms with E-state index in [0.29, 0.717) is 30.2 Å². The first-order chi connectivity index (χ1) is 15.2. The van der Waals surface area contributed by atoms with Gasteiger partial charge in [-0.3, -0.25) is 9.69 Å². The predicted molar refractivity (Wildman–Crippen MR) is 113 cm³/mol. The van der Waals surface area contributed by atoms with E-state index in [0.717, 1.165) is 30.8 Å². The first-order valence-electron chi connectivity index (χ1n) is 10.1. The lowest BCUT2D eigenvalue weighted by Crippen LogP contribution is -2.35. The number of amides is 1. The predicted octanol–water partition coefficient (Wildman–Crippen LogP) is 3.28. The molecule has 0 spiro atoms. The summed E-state index contributed by atoms with van der Waals surface area (Å²) < 4.78 is 24.5. The first kappa shape index (κ1) is 20.9. The number of ether oxygens (including phenoxy) is 2. The van der Waals surface area contributed by atoms with Gasteiger partial charge in [0, 0.05) is 19.6 Å². The summed E-state index contributed by atoms with van der Waals surface area (Å²) in [5.41, 5.74) is 2.78. The van der Waals surface area contributed by atoms with E-state index in [1.165, 1.54) is 24.5 Å². The highest BCUT2D eigenvalue weighted by Crippen LogP contribution is 2.24. The molecule has 7 nitrogen and oxygen atoms in total. The Kier molecular flexibility index (Phi) is 6.81. The highest BCUT2D eigenvalue weighted by Gasteiger charge is 2.17. The zero-order valence-corrected chi connectivity index (χ0v) is 17.0. The van der Waals surface area contributed by atoms with E-state index in [-0.39, 0.29) is 18.3 Å². The average Bonchev–Trinajstić information content (AvgIpc) is 2.80. The van der Waals surface area contributed by atoms with E-state index in [9.17, 15) is 9.18 Å². The fraction of sp³-hybridized carbons (Fsp3) is 0.261. The van der Waals surface area contributed by atoms with E-state index in [1.807, 2.05) is 12.1 Å². The van der Waals surface area contributed by atoms with Crippen LogP contribution in [0.4, 0.5) is 10.1 Å². The molecule has 4 rings (SSSR count). The summed E-state index contributed by atoms with van der Waals surface area (Å²) in [5.74, 6) is -0.150. The standard InChI is InChI=1S/C23H23FN4O3/c24-19-4-1-17(2-5-19)16-31-22-6-3-18(15-28-9-11-30-12-10-28)13-21(22)23(29)27-20-7-8-25-26-14-20/h1-8,13-14H,9-12,15-16H2,(H,25,27,29). The van der Waals surface area contributed by atoms with Crippen molar-refractivity contribution in [2.75, 3.05) is 31.6 Å². The number of carbonyl (C=O) groups is 1. The number of nitrogens with zero attached hydrogens (tertiary/aromatic N) is 3. The van der Waals surface area contributed by atoms with Crippen LogP contribution >= 0.6 is 0 Å². The maximum Gasteiger partial charge on any atom is 0.259 e. The monoisotopic (exact) mass is 422 g/mol. The third-order valence-electron chi connectivity index (χ3n) is 4.95. The number of benzene rings is 2. The minimum Gasteiger partial charge on any atom is -0.488 e. The van der Waals surface area contributed by atoms with Crippen LogP contribution in [0.1, 0.15) is 21.5 Å². The number of hydrogen-bond acceptors (Lipinski definition) is 6. The Balaban J connectivity index is 1.54. The molecule has 1 saturated heterocycles. The van der Waals surface area contributed by atoms with Gasteiger partial charge in [-0.25, -0.2) is 4.39 Å². The second kappa shape index (κ2) is 10.1. The first-order valence-corrected chi connectivity index (χ1v) is 10.1. The van der Waals surface area contributed by atoms with Crippen molar-refractivity contribution in [2.24, 2.45) is 0 Å². The van der Waals surface area contributed by atoms with E-state index in [2.05, 4.69) is 20.4 Å². The van der Waals surface area contributed by atoms with Crippen molar-refractivity contribution in [3.63, 3.8) is 0 Å². The van der Waals surface area contributed by atoms with Crippen molar-refractivity contribution in [1.82, 2.24) is 15.1 Å². The lowest BCUT2D eigenvalue weighted by Gasteiger charge is -2.26. The van der Waals surface area contributed by atoms with Crippen molar-refractivity contribution in [1.29, 1.82) is 0 Å². The molecule has 1 amide bonds. The van der Waals surface area contributed by atoms with Crippen molar-refractivity contribution < 1.29 is 18.7 Å². The van der Waals surface area contributed by atoms with Gasteiger partial charge in [-0.15, -0.1) is 0 Å². The van der Waals surface area contributed by atoms with Crippen LogP contribution in [-0.2, 0) is 17.9 Å². The van der Waals surface area contributed by atoms with Crippen molar-refractivity contribution in [3.8, 4) is 5.75 Å². The van der Waals surface area contributed by atoms with Crippen molar-refractivity contribution in [3.05, 3.63) is 83.4 Å². The van der Waals surface area contributed by atoms with Crippen LogP contribution in [0.3, 0.4) is 0 Å². The molecule has 160 valence electrons. The summed E-state index contributed by atoms with van der Waals surface area (Å²) in [4.78, 5) is 15.3. The Labute approximate surface area is 179 Å². The molecule has 1 aromatic heterocycles. The minimum atomic E-state index is -0.303. The van der Waals surface area contributed by atoms with E-state index in [1.54, 1.807) is 24.3 Å². The summed E-state index contributed by atoms with van der Waals surface area (Å²) in [7, 11) is 0. The van der Waals surface area contributed by atoms with Gasteiger partial charge in [0.05, 0.1) is 36.9 Å². The third kappa shape index (κ3) is 5.84. The maximum atomic E-state index is 13.1. The molecule has 1 N–H and O–H groups in total. The Morgan fingerprint density at radius 2 is 1.84 bits per heavy atom. The highest BCUT2D eigenvalue weighted by atomic mass is 19.1. The Hall–Kier alpha value is -3.36. The molecule has 2 heterocycles. The molecule has 0 atom stereocenters. The molecule has 0 unspecified atom stereocenters. The molecule has 0 saturated carbocycles. The molecule has 0 radical (unpaired) electrons. The van der Waals surface area contributed by atoms with Gasteiger partial charge in [0.1, 0.15) is 18.2 Å². The van der Waals surface area contributed by atoms with Gasteiger partial charge in [-0.05, 0) is 41.5 Å². The SMILES string of the molecule is O=C(Nc1ccnnc1)c1cc(CN2CCOCC2)ccc1OCc1ccc(F)cc1.